The normalized spacial score (nSPS) is 10.4. The van der Waals surface area contributed by atoms with Crippen LogP contribution < -0.4 is 4.90 Å². The zero-order valence-corrected chi connectivity index (χ0v) is 14.2. The zero-order chi connectivity index (χ0) is 16.9. The molecule has 3 aromatic rings. The van der Waals surface area contributed by atoms with E-state index in [1.807, 2.05) is 23.3 Å². The first-order chi connectivity index (χ1) is 11.7. The van der Waals surface area contributed by atoms with Crippen molar-refractivity contribution in [3.05, 3.63) is 59.4 Å². The van der Waals surface area contributed by atoms with E-state index in [9.17, 15) is 4.79 Å². The number of thiazole rings is 1. The lowest BCUT2D eigenvalue weighted by Crippen LogP contribution is -2.15. The number of hydrogen-bond acceptors (Lipinski definition) is 7. The molecule has 0 spiro atoms. The molecule has 0 aliphatic carbocycles. The van der Waals surface area contributed by atoms with Gasteiger partial charge < -0.3 is 4.74 Å². The molecule has 0 fully saturated rings. The minimum Gasteiger partial charge on any atom is -0.462 e. The summed E-state index contributed by atoms with van der Waals surface area (Å²) in [4.78, 5) is 26.9. The van der Waals surface area contributed by atoms with Crippen LogP contribution in [-0.2, 0) is 4.74 Å². The molecule has 0 aliphatic rings. The van der Waals surface area contributed by atoms with Gasteiger partial charge in [0, 0.05) is 24.0 Å². The van der Waals surface area contributed by atoms with Gasteiger partial charge in [0.15, 0.2) is 5.13 Å². The summed E-state index contributed by atoms with van der Waals surface area (Å²) >= 11 is 1.47. The van der Waals surface area contributed by atoms with Gasteiger partial charge in [-0.3, -0.25) is 4.90 Å². The lowest BCUT2D eigenvalue weighted by atomic mass is 10.1. The Kier molecular flexibility index (Phi) is 4.81. The largest absolute Gasteiger partial charge is 0.462 e. The van der Waals surface area contributed by atoms with Crippen LogP contribution in [0, 0.1) is 6.92 Å². The monoisotopic (exact) mass is 340 g/mol. The third-order valence-electron chi connectivity index (χ3n) is 3.32. The predicted molar refractivity (Wildman–Crippen MR) is 93.1 cm³/mol. The van der Waals surface area contributed by atoms with E-state index in [1.165, 1.54) is 11.3 Å². The number of carbonyl (C=O) groups is 1. The number of aryl methyl sites for hydroxylation is 1. The van der Waals surface area contributed by atoms with Gasteiger partial charge in [0.25, 0.3) is 0 Å². The number of anilines is 3. The predicted octanol–water partition coefficient (Wildman–Crippen LogP) is 3.89. The summed E-state index contributed by atoms with van der Waals surface area (Å²) in [5.74, 6) is 0.142. The second-order valence-corrected chi connectivity index (χ2v) is 5.79. The summed E-state index contributed by atoms with van der Waals surface area (Å²) in [6, 6.07) is 7.17. The van der Waals surface area contributed by atoms with Gasteiger partial charge in [-0.05, 0) is 37.6 Å². The first-order valence-electron chi connectivity index (χ1n) is 7.45. The standard InChI is InChI=1S/C17H16N4O2S/c1-3-23-15(22)13-6-5-12(2)14(11-13)21(17-20-9-10-24-17)16-18-7-4-8-19-16/h4-11H,3H2,1-2H3. The minimum atomic E-state index is -0.355. The van der Waals surface area contributed by atoms with Crippen molar-refractivity contribution in [1.82, 2.24) is 15.0 Å². The summed E-state index contributed by atoms with van der Waals surface area (Å²) < 4.78 is 5.10. The van der Waals surface area contributed by atoms with Crippen LogP contribution in [0.2, 0.25) is 0 Å². The van der Waals surface area contributed by atoms with E-state index >= 15 is 0 Å². The van der Waals surface area contributed by atoms with E-state index in [2.05, 4.69) is 15.0 Å². The molecule has 1 aromatic carbocycles. The van der Waals surface area contributed by atoms with Crippen molar-refractivity contribution in [3.8, 4) is 0 Å². The SMILES string of the molecule is CCOC(=O)c1ccc(C)c(N(c2ncccn2)c2nccs2)c1. The highest BCUT2D eigenvalue weighted by Gasteiger charge is 2.20. The van der Waals surface area contributed by atoms with Crippen molar-refractivity contribution in [1.29, 1.82) is 0 Å². The van der Waals surface area contributed by atoms with E-state index in [1.54, 1.807) is 43.7 Å². The van der Waals surface area contributed by atoms with Crippen LogP contribution in [0.5, 0.6) is 0 Å². The molecule has 0 amide bonds. The van der Waals surface area contributed by atoms with Gasteiger partial charge in [0.2, 0.25) is 5.95 Å². The Morgan fingerprint density at radius 3 is 2.67 bits per heavy atom. The Bertz CT molecular complexity index is 822. The highest BCUT2D eigenvalue weighted by Crippen LogP contribution is 2.35. The maximum absolute atomic E-state index is 12.1. The third kappa shape index (κ3) is 3.26. The fourth-order valence-corrected chi connectivity index (χ4v) is 2.87. The second kappa shape index (κ2) is 7.18. The van der Waals surface area contributed by atoms with Crippen LogP contribution in [0.1, 0.15) is 22.8 Å². The van der Waals surface area contributed by atoms with Crippen molar-refractivity contribution in [2.24, 2.45) is 0 Å². The van der Waals surface area contributed by atoms with Crippen molar-refractivity contribution in [2.45, 2.75) is 13.8 Å². The fraction of sp³-hybridized carbons (Fsp3) is 0.176. The van der Waals surface area contributed by atoms with E-state index in [0.29, 0.717) is 18.1 Å². The Morgan fingerprint density at radius 1 is 1.21 bits per heavy atom. The van der Waals surface area contributed by atoms with Gasteiger partial charge in [-0.1, -0.05) is 6.07 Å². The molecule has 0 aliphatic heterocycles. The fourth-order valence-electron chi connectivity index (χ4n) is 2.22. The molecular formula is C17H16N4O2S. The molecule has 122 valence electrons. The number of hydrogen-bond donors (Lipinski definition) is 0. The highest BCUT2D eigenvalue weighted by molar-refractivity contribution is 7.13. The third-order valence-corrected chi connectivity index (χ3v) is 4.08. The van der Waals surface area contributed by atoms with Gasteiger partial charge in [0.05, 0.1) is 17.9 Å². The molecule has 0 saturated carbocycles. The van der Waals surface area contributed by atoms with E-state index in [-0.39, 0.29) is 5.97 Å². The van der Waals surface area contributed by atoms with Crippen molar-refractivity contribution in [3.63, 3.8) is 0 Å². The average Bonchev–Trinajstić information content (AvgIpc) is 3.12. The summed E-state index contributed by atoms with van der Waals surface area (Å²) in [7, 11) is 0. The summed E-state index contributed by atoms with van der Waals surface area (Å²) in [5, 5.41) is 2.61. The highest BCUT2D eigenvalue weighted by atomic mass is 32.1. The average molecular weight is 340 g/mol. The van der Waals surface area contributed by atoms with Gasteiger partial charge >= 0.3 is 5.97 Å². The molecule has 0 radical (unpaired) electrons. The number of nitrogens with zero attached hydrogens (tertiary/aromatic N) is 4. The zero-order valence-electron chi connectivity index (χ0n) is 13.3. The lowest BCUT2D eigenvalue weighted by molar-refractivity contribution is 0.0526. The molecule has 0 atom stereocenters. The molecule has 0 unspecified atom stereocenters. The molecule has 7 heteroatoms. The van der Waals surface area contributed by atoms with Gasteiger partial charge in [-0.2, -0.15) is 0 Å². The molecule has 2 heterocycles. The van der Waals surface area contributed by atoms with Crippen LogP contribution in [0.4, 0.5) is 16.8 Å². The summed E-state index contributed by atoms with van der Waals surface area (Å²) in [6.07, 6.45) is 5.07. The number of ether oxygens (including phenoxy) is 1. The number of aromatic nitrogens is 3. The molecule has 0 saturated heterocycles. The van der Waals surface area contributed by atoms with E-state index < -0.39 is 0 Å². The van der Waals surface area contributed by atoms with Crippen molar-refractivity contribution in [2.75, 3.05) is 11.5 Å². The molecule has 3 rings (SSSR count). The van der Waals surface area contributed by atoms with Crippen LogP contribution in [0.3, 0.4) is 0 Å². The molecule has 0 bridgehead atoms. The van der Waals surface area contributed by atoms with Crippen LogP contribution in [0.15, 0.2) is 48.2 Å². The van der Waals surface area contributed by atoms with Crippen LogP contribution in [-0.4, -0.2) is 27.5 Å². The topological polar surface area (TPSA) is 68.2 Å². The lowest BCUT2D eigenvalue weighted by Gasteiger charge is -2.22. The minimum absolute atomic E-state index is 0.333. The smallest absolute Gasteiger partial charge is 0.338 e. The maximum Gasteiger partial charge on any atom is 0.338 e. The number of carbonyl (C=O) groups excluding carboxylic acids is 1. The molecular weight excluding hydrogens is 324 g/mol. The first kappa shape index (κ1) is 16.1. The molecule has 0 N–H and O–H groups in total. The molecule has 24 heavy (non-hydrogen) atoms. The van der Waals surface area contributed by atoms with Gasteiger partial charge in [-0.15, -0.1) is 11.3 Å². The number of rotatable bonds is 5. The van der Waals surface area contributed by atoms with Crippen molar-refractivity contribution >= 4 is 34.1 Å². The molecule has 2 aromatic heterocycles. The molecule has 6 nitrogen and oxygen atoms in total. The summed E-state index contributed by atoms with van der Waals surface area (Å²) in [5.41, 5.74) is 2.25. The Morgan fingerprint density at radius 2 is 2.00 bits per heavy atom. The quantitative estimate of drug-likeness (QED) is 0.656. The van der Waals surface area contributed by atoms with Crippen LogP contribution >= 0.6 is 11.3 Å². The van der Waals surface area contributed by atoms with E-state index in [0.717, 1.165) is 16.4 Å². The Hall–Kier alpha value is -2.80. The Labute approximate surface area is 143 Å². The van der Waals surface area contributed by atoms with Gasteiger partial charge in [0.1, 0.15) is 0 Å². The Balaban J connectivity index is 2.11. The summed E-state index contributed by atoms with van der Waals surface area (Å²) in [6.45, 7) is 4.08. The van der Waals surface area contributed by atoms with Gasteiger partial charge in [-0.25, -0.2) is 19.7 Å². The second-order valence-electron chi connectivity index (χ2n) is 4.92. The first-order valence-corrected chi connectivity index (χ1v) is 8.33. The number of benzene rings is 1. The number of esters is 1. The van der Waals surface area contributed by atoms with E-state index in [4.69, 9.17) is 4.74 Å². The maximum atomic E-state index is 12.1. The van der Waals surface area contributed by atoms with Crippen molar-refractivity contribution < 1.29 is 9.53 Å². The van der Waals surface area contributed by atoms with Crippen LogP contribution in [0.25, 0.3) is 0 Å².